The van der Waals surface area contributed by atoms with Crippen molar-refractivity contribution in [1.29, 1.82) is 0 Å². The average molecular weight is 451 g/mol. The Morgan fingerprint density at radius 2 is 1.87 bits per heavy atom. The average Bonchev–Trinajstić information content (AvgIpc) is 3.03. The SMILES string of the molecule is COC(=O)CCNC(=O)C1SC(=NC(=O)c2ccc(C(N)=S)cc2)N(C(C)C)C1C. The molecule has 8 nitrogen and oxygen atoms in total. The molecule has 1 aliphatic rings. The number of hydrogen-bond donors (Lipinski definition) is 2. The number of amides is 2. The fourth-order valence-corrected chi connectivity index (χ4v) is 4.58. The third-order valence-corrected chi connectivity index (χ3v) is 6.23. The maximum atomic E-state index is 12.7. The molecular weight excluding hydrogens is 424 g/mol. The number of amidine groups is 1. The van der Waals surface area contributed by atoms with Gasteiger partial charge in [-0.05, 0) is 32.9 Å². The zero-order chi connectivity index (χ0) is 22.4. The van der Waals surface area contributed by atoms with Gasteiger partial charge in [-0.25, -0.2) is 0 Å². The van der Waals surface area contributed by atoms with Crippen molar-refractivity contribution in [2.75, 3.05) is 13.7 Å². The number of methoxy groups -OCH3 is 1. The zero-order valence-corrected chi connectivity index (χ0v) is 19.0. The fraction of sp³-hybridized carbons (Fsp3) is 0.450. The number of aliphatic imine (C=N–C) groups is 1. The van der Waals surface area contributed by atoms with E-state index in [0.717, 1.165) is 0 Å². The second kappa shape index (κ2) is 10.5. The van der Waals surface area contributed by atoms with Gasteiger partial charge in [-0.3, -0.25) is 14.4 Å². The lowest BCUT2D eigenvalue weighted by Crippen LogP contribution is -2.45. The normalized spacial score (nSPS) is 19.8. The predicted molar refractivity (Wildman–Crippen MR) is 122 cm³/mol. The van der Waals surface area contributed by atoms with Crippen LogP contribution in [0.3, 0.4) is 0 Å². The Hall–Kier alpha value is -2.46. The van der Waals surface area contributed by atoms with E-state index < -0.39 is 11.2 Å². The maximum absolute atomic E-state index is 12.7. The molecule has 2 unspecified atom stereocenters. The number of nitrogens with zero attached hydrogens (tertiary/aromatic N) is 2. The summed E-state index contributed by atoms with van der Waals surface area (Å²) in [5, 5.41) is 2.79. The molecule has 0 aliphatic carbocycles. The third kappa shape index (κ3) is 5.79. The van der Waals surface area contributed by atoms with Gasteiger partial charge >= 0.3 is 5.97 Å². The number of thiocarbonyl (C=S) groups is 1. The number of esters is 1. The minimum Gasteiger partial charge on any atom is -0.469 e. The van der Waals surface area contributed by atoms with E-state index in [4.69, 9.17) is 18.0 Å². The van der Waals surface area contributed by atoms with Crippen LogP contribution < -0.4 is 11.1 Å². The van der Waals surface area contributed by atoms with E-state index in [1.165, 1.54) is 18.9 Å². The number of ether oxygens (including phenoxy) is 1. The second-order valence-corrected chi connectivity index (χ2v) is 8.59. The summed E-state index contributed by atoms with van der Waals surface area (Å²) >= 11 is 6.17. The minimum absolute atomic E-state index is 0.0453. The van der Waals surface area contributed by atoms with Gasteiger partial charge in [0.05, 0.1) is 13.5 Å². The molecule has 0 spiro atoms. The van der Waals surface area contributed by atoms with E-state index in [1.807, 2.05) is 25.7 Å². The van der Waals surface area contributed by atoms with E-state index >= 15 is 0 Å². The molecule has 2 atom stereocenters. The van der Waals surface area contributed by atoms with Gasteiger partial charge in [0.25, 0.3) is 5.91 Å². The number of nitrogens with one attached hydrogen (secondary N) is 1. The Balaban J connectivity index is 2.15. The summed E-state index contributed by atoms with van der Waals surface area (Å²) in [5.74, 6) is -1.00. The van der Waals surface area contributed by atoms with Crippen molar-refractivity contribution in [3.8, 4) is 0 Å². The van der Waals surface area contributed by atoms with Crippen LogP contribution in [0.25, 0.3) is 0 Å². The first-order valence-corrected chi connectivity index (χ1v) is 10.8. The highest BCUT2D eigenvalue weighted by atomic mass is 32.2. The molecule has 2 rings (SSSR count). The van der Waals surface area contributed by atoms with E-state index in [-0.39, 0.29) is 41.9 Å². The lowest BCUT2D eigenvalue weighted by Gasteiger charge is -2.28. The largest absolute Gasteiger partial charge is 0.469 e. The predicted octanol–water partition coefficient (Wildman–Crippen LogP) is 1.71. The van der Waals surface area contributed by atoms with Gasteiger partial charge in [-0.15, -0.1) is 0 Å². The topological polar surface area (TPSA) is 114 Å². The van der Waals surface area contributed by atoms with Crippen LogP contribution in [-0.4, -0.2) is 63.8 Å². The molecule has 0 bridgehead atoms. The molecule has 162 valence electrons. The highest BCUT2D eigenvalue weighted by Crippen LogP contribution is 2.33. The lowest BCUT2D eigenvalue weighted by atomic mass is 10.1. The molecule has 30 heavy (non-hydrogen) atoms. The summed E-state index contributed by atoms with van der Waals surface area (Å²) in [7, 11) is 1.30. The summed E-state index contributed by atoms with van der Waals surface area (Å²) in [6, 6.07) is 6.48. The number of benzene rings is 1. The number of rotatable bonds is 7. The summed E-state index contributed by atoms with van der Waals surface area (Å²) < 4.78 is 4.58. The van der Waals surface area contributed by atoms with Gasteiger partial charge in [0.15, 0.2) is 5.17 Å². The van der Waals surface area contributed by atoms with Crippen LogP contribution in [-0.2, 0) is 14.3 Å². The van der Waals surface area contributed by atoms with Crippen LogP contribution in [0, 0.1) is 0 Å². The van der Waals surface area contributed by atoms with Crippen molar-refractivity contribution < 1.29 is 19.1 Å². The standard InChI is InChI=1S/C20H26N4O4S2/c1-11(2)24-12(3)16(19(27)22-10-9-15(25)28-4)30-20(24)23-18(26)14-7-5-13(6-8-14)17(21)29/h5-8,11-12,16H,9-10H2,1-4H3,(H2,21,29)(H,22,27). The number of thioether (sulfide) groups is 1. The van der Waals surface area contributed by atoms with Crippen molar-refractivity contribution in [1.82, 2.24) is 10.2 Å². The Kier molecular flexibility index (Phi) is 8.36. The van der Waals surface area contributed by atoms with E-state index in [0.29, 0.717) is 16.3 Å². The first-order chi connectivity index (χ1) is 14.1. The van der Waals surface area contributed by atoms with Crippen molar-refractivity contribution in [2.24, 2.45) is 10.7 Å². The number of carbonyl (C=O) groups is 3. The highest BCUT2D eigenvalue weighted by Gasteiger charge is 2.42. The van der Waals surface area contributed by atoms with E-state index in [2.05, 4.69) is 15.0 Å². The molecule has 0 saturated carbocycles. The van der Waals surface area contributed by atoms with Crippen LogP contribution >= 0.6 is 24.0 Å². The fourth-order valence-electron chi connectivity index (χ4n) is 3.06. The lowest BCUT2D eigenvalue weighted by molar-refractivity contribution is -0.140. The highest BCUT2D eigenvalue weighted by molar-refractivity contribution is 8.15. The Morgan fingerprint density at radius 3 is 2.40 bits per heavy atom. The van der Waals surface area contributed by atoms with Crippen molar-refractivity contribution in [2.45, 2.75) is 44.5 Å². The number of carbonyl (C=O) groups excluding carboxylic acids is 3. The Labute approximate surface area is 185 Å². The maximum Gasteiger partial charge on any atom is 0.307 e. The first kappa shape index (κ1) is 23.8. The van der Waals surface area contributed by atoms with Crippen LogP contribution in [0.1, 0.15) is 43.1 Å². The minimum atomic E-state index is -0.450. The number of nitrogens with two attached hydrogens (primary N) is 1. The van der Waals surface area contributed by atoms with Crippen LogP contribution in [0.5, 0.6) is 0 Å². The Morgan fingerprint density at radius 1 is 1.27 bits per heavy atom. The molecule has 0 aromatic heterocycles. The van der Waals surface area contributed by atoms with Crippen LogP contribution in [0.15, 0.2) is 29.3 Å². The van der Waals surface area contributed by atoms with Gasteiger partial charge in [-0.1, -0.05) is 36.1 Å². The van der Waals surface area contributed by atoms with Crippen LogP contribution in [0.2, 0.25) is 0 Å². The van der Waals surface area contributed by atoms with Crippen LogP contribution in [0.4, 0.5) is 0 Å². The molecular formula is C20H26N4O4S2. The van der Waals surface area contributed by atoms with Gasteiger partial charge in [0.2, 0.25) is 5.91 Å². The molecule has 1 heterocycles. The molecule has 3 N–H and O–H groups in total. The smallest absolute Gasteiger partial charge is 0.307 e. The van der Waals surface area contributed by atoms with E-state index in [1.54, 1.807) is 24.3 Å². The quantitative estimate of drug-likeness (QED) is 0.477. The molecule has 2 amide bonds. The first-order valence-electron chi connectivity index (χ1n) is 9.48. The van der Waals surface area contributed by atoms with Crippen molar-refractivity contribution in [3.05, 3.63) is 35.4 Å². The van der Waals surface area contributed by atoms with Gasteiger partial charge in [-0.2, -0.15) is 4.99 Å². The van der Waals surface area contributed by atoms with Gasteiger partial charge in [0.1, 0.15) is 10.2 Å². The van der Waals surface area contributed by atoms with Crippen molar-refractivity contribution >= 4 is 51.9 Å². The second-order valence-electron chi connectivity index (χ2n) is 7.04. The summed E-state index contributed by atoms with van der Waals surface area (Å²) in [5.41, 5.74) is 6.67. The molecule has 1 aromatic rings. The molecule has 1 aliphatic heterocycles. The van der Waals surface area contributed by atoms with Gasteiger partial charge in [0, 0.05) is 29.8 Å². The summed E-state index contributed by atoms with van der Waals surface area (Å²) in [4.78, 5) is 43.0. The molecule has 10 heteroatoms. The Bertz CT molecular complexity index is 855. The third-order valence-electron chi connectivity index (χ3n) is 4.61. The molecule has 1 fully saturated rings. The van der Waals surface area contributed by atoms with Crippen molar-refractivity contribution in [3.63, 3.8) is 0 Å². The number of hydrogen-bond acceptors (Lipinski definition) is 6. The molecule has 0 radical (unpaired) electrons. The van der Waals surface area contributed by atoms with E-state index in [9.17, 15) is 14.4 Å². The monoisotopic (exact) mass is 450 g/mol. The molecule has 1 saturated heterocycles. The van der Waals surface area contributed by atoms with Gasteiger partial charge < -0.3 is 20.7 Å². The zero-order valence-electron chi connectivity index (χ0n) is 17.4. The summed E-state index contributed by atoms with van der Waals surface area (Å²) in [6.45, 7) is 6.07. The summed E-state index contributed by atoms with van der Waals surface area (Å²) in [6.07, 6.45) is 0.101. The molecule has 1 aromatic carbocycles.